The van der Waals surface area contributed by atoms with Crippen molar-refractivity contribution in [2.75, 3.05) is 5.32 Å². The van der Waals surface area contributed by atoms with Crippen molar-refractivity contribution in [1.29, 1.82) is 0 Å². The molecule has 26 heavy (non-hydrogen) atoms. The summed E-state index contributed by atoms with van der Waals surface area (Å²) >= 11 is 1.25. The molecule has 134 valence electrons. The molecule has 0 atom stereocenters. The number of nitrogens with zero attached hydrogens (tertiary/aromatic N) is 1. The van der Waals surface area contributed by atoms with E-state index in [0.717, 1.165) is 22.6 Å². The lowest BCUT2D eigenvalue weighted by molar-refractivity contribution is -0.137. The summed E-state index contributed by atoms with van der Waals surface area (Å²) in [6.45, 7) is 1.84. The molecule has 1 heterocycles. The Hall–Kier alpha value is -2.67. The van der Waals surface area contributed by atoms with Crippen molar-refractivity contribution >= 4 is 22.4 Å². The van der Waals surface area contributed by atoms with Crippen LogP contribution in [-0.2, 0) is 12.6 Å². The number of thiazole rings is 1. The smallest absolute Gasteiger partial charge is 0.298 e. The number of benzene rings is 2. The van der Waals surface area contributed by atoms with Crippen molar-refractivity contribution in [3.05, 3.63) is 81.9 Å². The number of carbonyl (C=O) groups is 1. The van der Waals surface area contributed by atoms with Crippen LogP contribution in [0.3, 0.4) is 0 Å². The highest BCUT2D eigenvalue weighted by molar-refractivity contribution is 7.15. The van der Waals surface area contributed by atoms with Gasteiger partial charge in [0.1, 0.15) is 0 Å². The number of amides is 1. The summed E-state index contributed by atoms with van der Waals surface area (Å²) in [7, 11) is 0. The van der Waals surface area contributed by atoms with Gasteiger partial charge < -0.3 is 0 Å². The molecule has 2 aromatic carbocycles. The first-order valence-electron chi connectivity index (χ1n) is 7.81. The Bertz CT molecular complexity index is 934. The van der Waals surface area contributed by atoms with Crippen molar-refractivity contribution in [2.45, 2.75) is 19.5 Å². The molecule has 3 aromatic rings. The monoisotopic (exact) mass is 376 g/mol. The number of carbonyl (C=O) groups excluding carboxylic acids is 1. The Morgan fingerprint density at radius 2 is 1.92 bits per heavy atom. The van der Waals surface area contributed by atoms with Crippen molar-refractivity contribution in [3.63, 3.8) is 0 Å². The highest BCUT2D eigenvalue weighted by Crippen LogP contribution is 2.30. The topological polar surface area (TPSA) is 42.0 Å². The number of anilines is 1. The first-order chi connectivity index (χ1) is 12.3. The zero-order valence-corrected chi connectivity index (χ0v) is 14.6. The number of aromatic nitrogens is 1. The van der Waals surface area contributed by atoms with Crippen LogP contribution in [0, 0.1) is 6.92 Å². The third-order valence-corrected chi connectivity index (χ3v) is 4.71. The van der Waals surface area contributed by atoms with Crippen LogP contribution in [0.1, 0.15) is 31.9 Å². The number of hydrogen-bond acceptors (Lipinski definition) is 3. The van der Waals surface area contributed by atoms with Gasteiger partial charge in [-0.25, -0.2) is 4.98 Å². The highest BCUT2D eigenvalue weighted by Gasteiger charge is 2.30. The lowest BCUT2D eigenvalue weighted by Crippen LogP contribution is -2.12. The van der Waals surface area contributed by atoms with Crippen LogP contribution in [0.25, 0.3) is 0 Å². The minimum atomic E-state index is -4.36. The molecule has 0 saturated carbocycles. The fourth-order valence-electron chi connectivity index (χ4n) is 2.50. The molecular weight excluding hydrogens is 361 g/mol. The van der Waals surface area contributed by atoms with Gasteiger partial charge in [0, 0.05) is 23.1 Å². The molecule has 0 unspecified atom stereocenters. The van der Waals surface area contributed by atoms with Crippen LogP contribution in [0.4, 0.5) is 18.3 Å². The summed E-state index contributed by atoms with van der Waals surface area (Å²) in [4.78, 5) is 17.2. The average molecular weight is 376 g/mol. The van der Waals surface area contributed by atoms with E-state index in [0.29, 0.717) is 22.7 Å². The second kappa shape index (κ2) is 7.29. The summed E-state index contributed by atoms with van der Waals surface area (Å²) in [5, 5.41) is 3.15. The molecule has 3 nitrogen and oxygen atoms in total. The maximum absolute atomic E-state index is 12.8. The second-order valence-electron chi connectivity index (χ2n) is 5.78. The molecule has 1 N–H and O–H groups in total. The van der Waals surface area contributed by atoms with Crippen LogP contribution < -0.4 is 5.32 Å². The summed E-state index contributed by atoms with van der Waals surface area (Å²) in [6.07, 6.45) is -2.48. The number of halogens is 3. The number of hydrogen-bond donors (Lipinski definition) is 1. The van der Waals surface area contributed by atoms with Crippen LogP contribution in [-0.4, -0.2) is 10.9 Å². The molecule has 0 aliphatic carbocycles. The molecule has 7 heteroatoms. The lowest BCUT2D eigenvalue weighted by Gasteiger charge is -2.08. The first kappa shape index (κ1) is 18.1. The third kappa shape index (κ3) is 4.29. The van der Waals surface area contributed by atoms with Gasteiger partial charge in [0.2, 0.25) is 0 Å². The largest absolute Gasteiger partial charge is 0.416 e. The van der Waals surface area contributed by atoms with E-state index in [-0.39, 0.29) is 5.91 Å². The Morgan fingerprint density at radius 1 is 1.15 bits per heavy atom. The van der Waals surface area contributed by atoms with E-state index >= 15 is 0 Å². The zero-order chi connectivity index (χ0) is 18.7. The maximum Gasteiger partial charge on any atom is 0.416 e. The Balaban J connectivity index is 1.71. The summed E-state index contributed by atoms with van der Waals surface area (Å²) in [5.41, 5.74) is 1.28. The molecular formula is C19H15F3N2OS. The van der Waals surface area contributed by atoms with Crippen LogP contribution in [0.5, 0.6) is 0 Å². The molecule has 0 fully saturated rings. The van der Waals surface area contributed by atoms with Crippen molar-refractivity contribution in [2.24, 2.45) is 0 Å². The van der Waals surface area contributed by atoms with Crippen LogP contribution in [0.15, 0.2) is 54.7 Å². The quantitative estimate of drug-likeness (QED) is 0.670. The minimum Gasteiger partial charge on any atom is -0.298 e. The van der Waals surface area contributed by atoms with Gasteiger partial charge in [-0.1, -0.05) is 36.4 Å². The fourth-order valence-corrected chi connectivity index (χ4v) is 3.34. The van der Waals surface area contributed by atoms with Gasteiger partial charge in [0.05, 0.1) is 5.56 Å². The normalized spacial score (nSPS) is 11.4. The number of alkyl halides is 3. The van der Waals surface area contributed by atoms with Gasteiger partial charge in [0.25, 0.3) is 5.91 Å². The number of aryl methyl sites for hydroxylation is 1. The molecule has 0 bridgehead atoms. The van der Waals surface area contributed by atoms with Crippen molar-refractivity contribution < 1.29 is 18.0 Å². The van der Waals surface area contributed by atoms with Gasteiger partial charge in [-0.05, 0) is 30.2 Å². The highest BCUT2D eigenvalue weighted by atomic mass is 32.1. The van der Waals surface area contributed by atoms with E-state index in [9.17, 15) is 18.0 Å². The Kier molecular flexibility index (Phi) is 5.08. The Labute approximate surface area is 152 Å². The first-order valence-corrected chi connectivity index (χ1v) is 8.62. The molecule has 0 aliphatic heterocycles. The van der Waals surface area contributed by atoms with E-state index in [1.165, 1.54) is 17.4 Å². The van der Waals surface area contributed by atoms with Gasteiger partial charge in [0.15, 0.2) is 5.13 Å². The van der Waals surface area contributed by atoms with E-state index in [4.69, 9.17) is 0 Å². The number of rotatable bonds is 4. The Morgan fingerprint density at radius 3 is 2.65 bits per heavy atom. The van der Waals surface area contributed by atoms with Gasteiger partial charge in [-0.3, -0.25) is 10.1 Å². The third-order valence-electron chi connectivity index (χ3n) is 3.80. The van der Waals surface area contributed by atoms with Gasteiger partial charge in [-0.15, -0.1) is 11.3 Å². The standard InChI is InChI=1S/C19H15F3N2OS/c1-12-5-2-3-8-16(12)17(25)24-18-23-11-15(26-18)10-13-6-4-7-14(9-13)19(20,21)22/h2-9,11H,10H2,1H3,(H,23,24,25). The molecule has 0 aliphatic rings. The molecule has 0 spiro atoms. The van der Waals surface area contributed by atoms with E-state index in [1.54, 1.807) is 24.4 Å². The van der Waals surface area contributed by atoms with E-state index < -0.39 is 11.7 Å². The molecule has 1 aromatic heterocycles. The fraction of sp³-hybridized carbons (Fsp3) is 0.158. The average Bonchev–Trinajstić information content (AvgIpc) is 3.01. The van der Waals surface area contributed by atoms with Crippen molar-refractivity contribution in [3.8, 4) is 0 Å². The van der Waals surface area contributed by atoms with Crippen LogP contribution in [0.2, 0.25) is 0 Å². The number of nitrogens with one attached hydrogen (secondary N) is 1. The van der Waals surface area contributed by atoms with Crippen LogP contribution >= 0.6 is 11.3 Å². The van der Waals surface area contributed by atoms with Gasteiger partial charge >= 0.3 is 6.18 Å². The lowest BCUT2D eigenvalue weighted by atomic mass is 10.1. The summed E-state index contributed by atoms with van der Waals surface area (Å²) in [5.74, 6) is -0.261. The van der Waals surface area contributed by atoms with E-state index in [2.05, 4.69) is 10.3 Å². The van der Waals surface area contributed by atoms with E-state index in [1.807, 2.05) is 19.1 Å². The summed E-state index contributed by atoms with van der Waals surface area (Å²) < 4.78 is 38.4. The van der Waals surface area contributed by atoms with Gasteiger partial charge in [-0.2, -0.15) is 13.2 Å². The second-order valence-corrected chi connectivity index (χ2v) is 6.89. The molecule has 0 radical (unpaired) electrons. The maximum atomic E-state index is 12.8. The predicted molar refractivity (Wildman–Crippen MR) is 95.5 cm³/mol. The molecule has 1 amide bonds. The van der Waals surface area contributed by atoms with Crippen molar-refractivity contribution in [1.82, 2.24) is 4.98 Å². The predicted octanol–water partition coefficient (Wildman–Crippen LogP) is 5.31. The molecule has 0 saturated heterocycles. The zero-order valence-electron chi connectivity index (χ0n) is 13.8. The summed E-state index contributed by atoms with van der Waals surface area (Å²) in [6, 6.07) is 12.4. The SMILES string of the molecule is Cc1ccccc1C(=O)Nc1ncc(Cc2cccc(C(F)(F)F)c2)s1. The minimum absolute atomic E-state index is 0.261. The molecule has 3 rings (SSSR count).